The van der Waals surface area contributed by atoms with Crippen molar-refractivity contribution in [1.82, 2.24) is 0 Å². The Morgan fingerprint density at radius 1 is 1.22 bits per heavy atom. The molecule has 1 rings (SSSR count). The molecule has 18 heavy (non-hydrogen) atoms. The molecular weight excluding hydrogens is 302 g/mol. The van der Waals surface area contributed by atoms with E-state index in [0.29, 0.717) is 0 Å². The lowest BCUT2D eigenvalue weighted by Gasteiger charge is -2.15. The van der Waals surface area contributed by atoms with E-state index in [1.54, 1.807) is 12.1 Å². The van der Waals surface area contributed by atoms with Gasteiger partial charge in [0.05, 0.1) is 5.92 Å². The largest absolute Gasteiger partial charge is 0.481 e. The van der Waals surface area contributed by atoms with Gasteiger partial charge in [0.2, 0.25) is 0 Å². The van der Waals surface area contributed by atoms with E-state index >= 15 is 0 Å². The van der Waals surface area contributed by atoms with Crippen LogP contribution in [0.5, 0.6) is 0 Å². The van der Waals surface area contributed by atoms with E-state index in [0.717, 1.165) is 10.0 Å². The molecule has 4 N–H and O–H groups in total. The van der Waals surface area contributed by atoms with Gasteiger partial charge in [-0.25, -0.2) is 0 Å². The lowest BCUT2D eigenvalue weighted by Crippen LogP contribution is -2.35. The van der Waals surface area contributed by atoms with Gasteiger partial charge in [-0.2, -0.15) is 0 Å². The minimum atomic E-state index is -1.19. The van der Waals surface area contributed by atoms with E-state index < -0.39 is 23.9 Å². The van der Waals surface area contributed by atoms with Gasteiger partial charge in [-0.15, -0.1) is 0 Å². The van der Waals surface area contributed by atoms with Gasteiger partial charge in [-0.1, -0.05) is 34.1 Å². The zero-order valence-corrected chi connectivity index (χ0v) is 11.1. The number of carbonyl (C=O) groups is 2. The van der Waals surface area contributed by atoms with Gasteiger partial charge in [-0.05, 0) is 24.5 Å². The third kappa shape index (κ3) is 4.12. The number of hydrogen-bond acceptors (Lipinski definition) is 3. The molecule has 2 atom stereocenters. The van der Waals surface area contributed by atoms with Gasteiger partial charge in [0.25, 0.3) is 0 Å². The second kappa shape index (κ2) is 6.51. The molecule has 5 nitrogen and oxygen atoms in total. The maximum Gasteiger partial charge on any atom is 0.320 e. The number of benzene rings is 1. The Morgan fingerprint density at radius 3 is 2.33 bits per heavy atom. The summed E-state index contributed by atoms with van der Waals surface area (Å²) in [5, 5.41) is 17.8. The van der Waals surface area contributed by atoms with E-state index in [1.165, 1.54) is 0 Å². The van der Waals surface area contributed by atoms with Crippen LogP contribution in [0.15, 0.2) is 28.7 Å². The Bertz CT molecular complexity index is 449. The molecule has 6 heteroatoms. The molecule has 1 aromatic rings. The standard InChI is InChI=1S/C12H14BrNO4/c13-9-4-2-1-3-7(9)5-8(11(15)16)6-10(14)12(17)18/h1-4,8,10H,5-6,14H2,(H,15,16)(H,17,18)/t8-,10+/m0/s1. The topological polar surface area (TPSA) is 101 Å². The van der Waals surface area contributed by atoms with Crippen molar-refractivity contribution in [3.8, 4) is 0 Å². The predicted molar refractivity (Wildman–Crippen MR) is 69.2 cm³/mol. The zero-order chi connectivity index (χ0) is 13.7. The van der Waals surface area contributed by atoms with Crippen LogP contribution in [0.4, 0.5) is 0 Å². The van der Waals surface area contributed by atoms with Gasteiger partial charge in [0, 0.05) is 4.47 Å². The Labute approximate surface area is 113 Å². The fourth-order valence-electron chi connectivity index (χ4n) is 1.61. The van der Waals surface area contributed by atoms with E-state index in [1.807, 2.05) is 12.1 Å². The van der Waals surface area contributed by atoms with Crippen LogP contribution >= 0.6 is 15.9 Å². The highest BCUT2D eigenvalue weighted by atomic mass is 79.9. The van der Waals surface area contributed by atoms with Crippen LogP contribution in [0.2, 0.25) is 0 Å². The van der Waals surface area contributed by atoms with Crippen molar-refractivity contribution in [2.75, 3.05) is 0 Å². The van der Waals surface area contributed by atoms with Crippen molar-refractivity contribution in [1.29, 1.82) is 0 Å². The second-order valence-electron chi connectivity index (χ2n) is 4.01. The molecule has 0 saturated heterocycles. The predicted octanol–water partition coefficient (Wildman–Crippen LogP) is 1.49. The molecule has 0 radical (unpaired) electrons. The first kappa shape index (κ1) is 14.7. The summed E-state index contributed by atoms with van der Waals surface area (Å²) in [6.45, 7) is 0. The highest BCUT2D eigenvalue weighted by Crippen LogP contribution is 2.21. The summed E-state index contributed by atoms with van der Waals surface area (Å²) in [4.78, 5) is 21.8. The summed E-state index contributed by atoms with van der Waals surface area (Å²) >= 11 is 3.33. The number of carboxylic acid groups (broad SMARTS) is 2. The first-order valence-corrected chi connectivity index (χ1v) is 6.15. The molecule has 0 bridgehead atoms. The molecule has 0 heterocycles. The molecule has 0 aliphatic carbocycles. The van der Waals surface area contributed by atoms with Crippen LogP contribution in [0.25, 0.3) is 0 Å². The SMILES string of the molecule is N[C@H](C[C@H](Cc1ccccc1Br)C(=O)O)C(=O)O. The monoisotopic (exact) mass is 315 g/mol. The summed E-state index contributed by atoms with van der Waals surface area (Å²) in [6.07, 6.45) is 0.156. The fraction of sp³-hybridized carbons (Fsp3) is 0.333. The molecule has 0 fully saturated rings. The van der Waals surface area contributed by atoms with Gasteiger partial charge >= 0.3 is 11.9 Å². The van der Waals surface area contributed by atoms with Crippen molar-refractivity contribution in [3.63, 3.8) is 0 Å². The quantitative estimate of drug-likeness (QED) is 0.738. The minimum Gasteiger partial charge on any atom is -0.481 e. The highest BCUT2D eigenvalue weighted by molar-refractivity contribution is 9.10. The number of carboxylic acids is 2. The van der Waals surface area contributed by atoms with E-state index in [-0.39, 0.29) is 12.8 Å². The minimum absolute atomic E-state index is 0.0913. The van der Waals surface area contributed by atoms with Crippen molar-refractivity contribution in [3.05, 3.63) is 34.3 Å². The van der Waals surface area contributed by atoms with Crippen LogP contribution in [0.1, 0.15) is 12.0 Å². The molecule has 1 aromatic carbocycles. The summed E-state index contributed by atoms with van der Waals surface area (Å²) in [7, 11) is 0. The number of halogens is 1. The number of rotatable bonds is 6. The summed E-state index contributed by atoms with van der Waals surface area (Å²) in [6, 6.07) is 6.08. The molecule has 0 unspecified atom stereocenters. The third-order valence-corrected chi connectivity index (χ3v) is 3.40. The Morgan fingerprint density at radius 2 is 1.83 bits per heavy atom. The van der Waals surface area contributed by atoms with Crippen molar-refractivity contribution in [2.24, 2.45) is 11.7 Å². The molecule has 0 saturated carbocycles. The van der Waals surface area contributed by atoms with Gasteiger partial charge in [0.15, 0.2) is 0 Å². The summed E-state index contributed by atoms with van der Waals surface area (Å²) in [5.74, 6) is -3.04. The van der Waals surface area contributed by atoms with Gasteiger partial charge in [-0.3, -0.25) is 9.59 Å². The van der Waals surface area contributed by atoms with Crippen LogP contribution in [-0.2, 0) is 16.0 Å². The van der Waals surface area contributed by atoms with Crippen molar-refractivity contribution in [2.45, 2.75) is 18.9 Å². The van der Waals surface area contributed by atoms with E-state index in [9.17, 15) is 9.59 Å². The summed E-state index contributed by atoms with van der Waals surface area (Å²) in [5.41, 5.74) is 6.19. The molecule has 0 amide bonds. The van der Waals surface area contributed by atoms with Gasteiger partial charge in [0.1, 0.15) is 6.04 Å². The van der Waals surface area contributed by atoms with E-state index in [2.05, 4.69) is 15.9 Å². The van der Waals surface area contributed by atoms with Crippen LogP contribution in [-0.4, -0.2) is 28.2 Å². The second-order valence-corrected chi connectivity index (χ2v) is 4.87. The van der Waals surface area contributed by atoms with Crippen LogP contribution in [0, 0.1) is 5.92 Å². The van der Waals surface area contributed by atoms with Crippen LogP contribution in [0.3, 0.4) is 0 Å². The molecule has 0 aromatic heterocycles. The molecule has 0 spiro atoms. The zero-order valence-electron chi connectivity index (χ0n) is 9.54. The number of aliphatic carboxylic acids is 2. The fourth-order valence-corrected chi connectivity index (χ4v) is 2.05. The van der Waals surface area contributed by atoms with E-state index in [4.69, 9.17) is 15.9 Å². The first-order chi connectivity index (χ1) is 8.41. The average molecular weight is 316 g/mol. The van der Waals surface area contributed by atoms with Crippen molar-refractivity contribution < 1.29 is 19.8 Å². The van der Waals surface area contributed by atoms with Crippen molar-refractivity contribution >= 4 is 27.9 Å². The molecule has 98 valence electrons. The first-order valence-electron chi connectivity index (χ1n) is 5.36. The number of hydrogen-bond donors (Lipinski definition) is 3. The highest BCUT2D eigenvalue weighted by Gasteiger charge is 2.25. The Balaban J connectivity index is 2.78. The molecular formula is C12H14BrNO4. The lowest BCUT2D eigenvalue weighted by atomic mass is 9.93. The third-order valence-electron chi connectivity index (χ3n) is 2.63. The van der Waals surface area contributed by atoms with Crippen LogP contribution < -0.4 is 5.73 Å². The Kier molecular flexibility index (Phi) is 5.30. The molecule has 0 aliphatic heterocycles. The Hall–Kier alpha value is -1.40. The lowest BCUT2D eigenvalue weighted by molar-refractivity contribution is -0.143. The maximum absolute atomic E-state index is 11.1. The maximum atomic E-state index is 11.1. The normalized spacial score (nSPS) is 13.9. The smallest absolute Gasteiger partial charge is 0.320 e. The molecule has 0 aliphatic rings. The average Bonchev–Trinajstić information content (AvgIpc) is 2.30. The van der Waals surface area contributed by atoms with Gasteiger partial charge < -0.3 is 15.9 Å². The number of nitrogens with two attached hydrogens (primary N) is 1. The summed E-state index contributed by atoms with van der Waals surface area (Å²) < 4.78 is 0.806.